The molecule has 0 unspecified atom stereocenters. The van der Waals surface area contributed by atoms with Gasteiger partial charge in [0.05, 0.1) is 19.2 Å². The normalized spacial score (nSPS) is 17.6. The SMILES string of the molecule is CO[C@H]1C[C@H](Nc2nc(=O)n(Cc3ccc[nH]c3=O)c(=O)n2Cc2cc(F)c(F)c(F)c2)C1. The van der Waals surface area contributed by atoms with Crippen LogP contribution in [0.25, 0.3) is 0 Å². The molecule has 4 rings (SSSR count). The van der Waals surface area contributed by atoms with Gasteiger partial charge >= 0.3 is 11.4 Å². The van der Waals surface area contributed by atoms with E-state index in [1.807, 2.05) is 0 Å². The van der Waals surface area contributed by atoms with Crippen LogP contribution in [0.2, 0.25) is 0 Å². The summed E-state index contributed by atoms with van der Waals surface area (Å²) in [5, 5.41) is 2.99. The van der Waals surface area contributed by atoms with E-state index in [2.05, 4.69) is 15.3 Å². The zero-order chi connectivity index (χ0) is 23.7. The molecule has 0 aliphatic heterocycles. The number of hydrogen-bond donors (Lipinski definition) is 2. The molecule has 12 heteroatoms. The Kier molecular flexibility index (Phi) is 6.18. The summed E-state index contributed by atoms with van der Waals surface area (Å²) in [5.74, 6) is -4.55. The van der Waals surface area contributed by atoms with Crippen LogP contribution < -0.4 is 22.3 Å². The van der Waals surface area contributed by atoms with Gasteiger partial charge in [0.15, 0.2) is 17.5 Å². The van der Waals surface area contributed by atoms with Crippen LogP contribution in [0.4, 0.5) is 19.1 Å². The number of benzene rings is 1. The first-order chi connectivity index (χ1) is 15.8. The molecule has 33 heavy (non-hydrogen) atoms. The quantitative estimate of drug-likeness (QED) is 0.510. The van der Waals surface area contributed by atoms with Gasteiger partial charge in [-0.25, -0.2) is 27.3 Å². The second kappa shape index (κ2) is 9.06. The number of methoxy groups -OCH3 is 1. The predicted molar refractivity (Wildman–Crippen MR) is 112 cm³/mol. The molecule has 174 valence electrons. The van der Waals surface area contributed by atoms with Crippen molar-refractivity contribution in [2.75, 3.05) is 12.4 Å². The lowest BCUT2D eigenvalue weighted by molar-refractivity contribution is 0.0325. The number of rotatable bonds is 7. The van der Waals surface area contributed by atoms with Crippen molar-refractivity contribution in [1.82, 2.24) is 19.1 Å². The molecular formula is C21H20F3N5O4. The molecule has 0 amide bonds. The Bertz CT molecular complexity index is 1340. The highest BCUT2D eigenvalue weighted by Crippen LogP contribution is 2.25. The van der Waals surface area contributed by atoms with Crippen molar-refractivity contribution in [3.05, 3.63) is 90.4 Å². The van der Waals surface area contributed by atoms with E-state index in [9.17, 15) is 27.6 Å². The summed E-state index contributed by atoms with van der Waals surface area (Å²) < 4.78 is 47.8. The third-order valence-corrected chi connectivity index (χ3v) is 5.52. The Labute approximate surface area is 184 Å². The van der Waals surface area contributed by atoms with Crippen LogP contribution in [0.5, 0.6) is 0 Å². The molecule has 2 heterocycles. The van der Waals surface area contributed by atoms with Gasteiger partial charge in [0.1, 0.15) is 0 Å². The Morgan fingerprint density at radius 2 is 1.82 bits per heavy atom. The van der Waals surface area contributed by atoms with E-state index in [1.54, 1.807) is 7.11 Å². The molecule has 1 saturated carbocycles. The molecule has 2 aromatic heterocycles. The molecule has 1 aromatic carbocycles. The van der Waals surface area contributed by atoms with Crippen LogP contribution in [-0.2, 0) is 17.8 Å². The van der Waals surface area contributed by atoms with Crippen LogP contribution in [0.15, 0.2) is 44.8 Å². The predicted octanol–water partition coefficient (Wildman–Crippen LogP) is 1.20. The minimum absolute atomic E-state index is 0.0214. The number of aromatic amines is 1. The Morgan fingerprint density at radius 3 is 2.45 bits per heavy atom. The maximum Gasteiger partial charge on any atom is 0.355 e. The average Bonchev–Trinajstić information content (AvgIpc) is 2.75. The van der Waals surface area contributed by atoms with Gasteiger partial charge in [-0.05, 0) is 36.6 Å². The number of pyridine rings is 1. The van der Waals surface area contributed by atoms with Crippen molar-refractivity contribution in [2.24, 2.45) is 0 Å². The lowest BCUT2D eigenvalue weighted by Gasteiger charge is -2.35. The first-order valence-electron chi connectivity index (χ1n) is 10.1. The van der Waals surface area contributed by atoms with Gasteiger partial charge < -0.3 is 15.0 Å². The first kappa shape index (κ1) is 22.5. The van der Waals surface area contributed by atoms with Crippen LogP contribution in [0.3, 0.4) is 0 Å². The monoisotopic (exact) mass is 463 g/mol. The molecular weight excluding hydrogens is 443 g/mol. The van der Waals surface area contributed by atoms with Crippen molar-refractivity contribution in [3.63, 3.8) is 0 Å². The van der Waals surface area contributed by atoms with Crippen molar-refractivity contribution in [2.45, 2.75) is 38.1 Å². The van der Waals surface area contributed by atoms with Gasteiger partial charge in [0.25, 0.3) is 5.56 Å². The topological polar surface area (TPSA) is 111 Å². The molecule has 9 nitrogen and oxygen atoms in total. The summed E-state index contributed by atoms with van der Waals surface area (Å²) in [5.41, 5.74) is -2.15. The molecule has 0 atom stereocenters. The van der Waals surface area contributed by atoms with Gasteiger partial charge in [0.2, 0.25) is 5.95 Å². The van der Waals surface area contributed by atoms with E-state index in [4.69, 9.17) is 4.74 Å². The zero-order valence-electron chi connectivity index (χ0n) is 17.5. The summed E-state index contributed by atoms with van der Waals surface area (Å²) in [6.07, 6.45) is 2.64. The van der Waals surface area contributed by atoms with Crippen LogP contribution >= 0.6 is 0 Å². The first-order valence-corrected chi connectivity index (χ1v) is 10.1. The second-order valence-corrected chi connectivity index (χ2v) is 7.74. The van der Waals surface area contributed by atoms with Crippen molar-refractivity contribution < 1.29 is 17.9 Å². The molecule has 1 aliphatic carbocycles. The molecule has 3 aromatic rings. The van der Waals surface area contributed by atoms with Crippen molar-refractivity contribution in [1.29, 1.82) is 0 Å². The molecule has 0 radical (unpaired) electrons. The summed E-state index contributed by atoms with van der Waals surface area (Å²) in [4.78, 5) is 44.2. The van der Waals surface area contributed by atoms with E-state index in [0.29, 0.717) is 12.8 Å². The Morgan fingerprint density at radius 1 is 1.12 bits per heavy atom. The highest BCUT2D eigenvalue weighted by molar-refractivity contribution is 5.30. The fourth-order valence-corrected chi connectivity index (χ4v) is 3.61. The van der Waals surface area contributed by atoms with E-state index in [1.165, 1.54) is 18.3 Å². The number of aromatic nitrogens is 4. The van der Waals surface area contributed by atoms with Gasteiger partial charge in [-0.1, -0.05) is 6.07 Å². The van der Waals surface area contributed by atoms with E-state index in [0.717, 1.165) is 21.3 Å². The van der Waals surface area contributed by atoms with Crippen molar-refractivity contribution in [3.8, 4) is 0 Å². The van der Waals surface area contributed by atoms with E-state index >= 15 is 0 Å². The largest absolute Gasteiger partial charge is 0.381 e. The fourth-order valence-electron chi connectivity index (χ4n) is 3.61. The fraction of sp³-hybridized carbons (Fsp3) is 0.333. The lowest BCUT2D eigenvalue weighted by Crippen LogP contribution is -2.47. The Balaban J connectivity index is 1.76. The number of anilines is 1. The molecule has 0 spiro atoms. The standard InChI is InChI=1S/C21H20F3N5O4/c1-33-14-7-13(8-14)26-19-27-20(31)29(10-12-3-2-4-25-18(12)30)21(32)28(19)9-11-5-15(22)17(24)16(23)6-11/h2-6,13-14H,7-10H2,1H3,(H,25,30)(H,26,27,31)/t13-,14-. The molecule has 0 saturated heterocycles. The second-order valence-electron chi connectivity index (χ2n) is 7.74. The summed E-state index contributed by atoms with van der Waals surface area (Å²) in [7, 11) is 1.57. The third kappa shape index (κ3) is 4.60. The van der Waals surface area contributed by atoms with Crippen LogP contribution in [-0.4, -0.2) is 38.4 Å². The number of nitrogens with one attached hydrogen (secondary N) is 2. The maximum atomic E-state index is 13.7. The number of nitrogens with zero attached hydrogens (tertiary/aromatic N) is 3. The summed E-state index contributed by atoms with van der Waals surface area (Å²) >= 11 is 0. The Hall–Kier alpha value is -3.67. The van der Waals surface area contributed by atoms with Gasteiger partial charge in [0, 0.05) is 24.9 Å². The number of ether oxygens (including phenoxy) is 1. The smallest absolute Gasteiger partial charge is 0.355 e. The minimum Gasteiger partial charge on any atom is -0.381 e. The number of H-pyrrole nitrogens is 1. The molecule has 2 N–H and O–H groups in total. The zero-order valence-corrected chi connectivity index (χ0v) is 17.5. The van der Waals surface area contributed by atoms with Gasteiger partial charge in [-0.3, -0.25) is 9.36 Å². The van der Waals surface area contributed by atoms with Gasteiger partial charge in [-0.2, -0.15) is 4.98 Å². The van der Waals surface area contributed by atoms with E-state index < -0.39 is 40.9 Å². The maximum absolute atomic E-state index is 13.7. The van der Waals surface area contributed by atoms with E-state index in [-0.39, 0.29) is 35.8 Å². The number of hydrogen-bond acceptors (Lipinski definition) is 6. The highest BCUT2D eigenvalue weighted by Gasteiger charge is 2.30. The molecule has 1 fully saturated rings. The summed E-state index contributed by atoms with van der Waals surface area (Å²) in [6, 6.07) is 4.37. The highest BCUT2D eigenvalue weighted by atomic mass is 19.2. The minimum atomic E-state index is -1.63. The number of halogens is 3. The van der Waals surface area contributed by atoms with Crippen molar-refractivity contribution >= 4 is 5.95 Å². The molecule has 1 aliphatic rings. The summed E-state index contributed by atoms with van der Waals surface area (Å²) in [6.45, 7) is -0.753. The van der Waals surface area contributed by atoms with Gasteiger partial charge in [-0.15, -0.1) is 0 Å². The average molecular weight is 463 g/mol. The molecule has 0 bridgehead atoms. The van der Waals surface area contributed by atoms with Crippen LogP contribution in [0.1, 0.15) is 24.0 Å². The third-order valence-electron chi connectivity index (χ3n) is 5.52. The lowest BCUT2D eigenvalue weighted by atomic mass is 9.89. The van der Waals surface area contributed by atoms with Crippen LogP contribution in [0, 0.1) is 17.5 Å².